The third-order valence-electron chi connectivity index (χ3n) is 2.43. The first-order valence-corrected chi connectivity index (χ1v) is 4.83. The summed E-state index contributed by atoms with van der Waals surface area (Å²) in [7, 11) is 1.63. The number of hydrogen-bond donors (Lipinski definition) is 0. The Hall–Kier alpha value is -1.77. The fourth-order valence-corrected chi connectivity index (χ4v) is 1.64. The zero-order valence-corrected chi connectivity index (χ0v) is 8.86. The zero-order valence-electron chi connectivity index (χ0n) is 8.86. The Morgan fingerprint density at radius 2 is 1.93 bits per heavy atom. The molecule has 0 unspecified atom stereocenters. The lowest BCUT2D eigenvalue weighted by molar-refractivity contribution is -0.113. The molecule has 3 heteroatoms. The summed E-state index contributed by atoms with van der Waals surface area (Å²) in [6, 6.07) is 7.50. The van der Waals surface area contributed by atoms with E-state index >= 15 is 0 Å². The Labute approximate surface area is 89.0 Å². The second kappa shape index (κ2) is 3.77. The molecular weight excluding hydrogens is 190 g/mol. The second-order valence-electron chi connectivity index (χ2n) is 3.61. The van der Waals surface area contributed by atoms with Crippen LogP contribution in [0, 0.1) is 0 Å². The molecule has 0 spiro atoms. The van der Waals surface area contributed by atoms with E-state index in [-0.39, 0.29) is 5.91 Å². The molecule has 0 bridgehead atoms. The number of amides is 1. The predicted octanol–water partition coefficient (Wildman–Crippen LogP) is 1.99. The lowest BCUT2D eigenvalue weighted by Gasteiger charge is -2.16. The summed E-state index contributed by atoms with van der Waals surface area (Å²) in [5.41, 5.74) is 2.00. The molecule has 1 amide bonds. The van der Waals surface area contributed by atoms with Gasteiger partial charge in [0, 0.05) is 18.3 Å². The Bertz CT molecular complexity index is 406. The van der Waals surface area contributed by atoms with Crippen LogP contribution in [-0.4, -0.2) is 19.6 Å². The lowest BCUT2D eigenvalue weighted by atomic mass is 10.2. The topological polar surface area (TPSA) is 29.5 Å². The summed E-state index contributed by atoms with van der Waals surface area (Å²) in [6.07, 6.45) is 1.67. The van der Waals surface area contributed by atoms with Crippen molar-refractivity contribution < 1.29 is 9.53 Å². The van der Waals surface area contributed by atoms with Crippen LogP contribution in [-0.2, 0) is 4.79 Å². The average Bonchev–Trinajstić information content (AvgIpc) is 2.58. The van der Waals surface area contributed by atoms with Gasteiger partial charge < -0.3 is 9.64 Å². The molecule has 1 aromatic rings. The molecule has 0 aliphatic carbocycles. The van der Waals surface area contributed by atoms with E-state index < -0.39 is 0 Å². The smallest absolute Gasteiger partial charge is 0.251 e. The monoisotopic (exact) mass is 203 g/mol. The Morgan fingerprint density at radius 1 is 1.27 bits per heavy atom. The molecule has 0 aromatic heterocycles. The Kier molecular flexibility index (Phi) is 2.46. The maximum Gasteiger partial charge on any atom is 0.251 e. The van der Waals surface area contributed by atoms with Gasteiger partial charge in [-0.05, 0) is 36.8 Å². The van der Waals surface area contributed by atoms with Crippen molar-refractivity contribution in [3.63, 3.8) is 0 Å². The summed E-state index contributed by atoms with van der Waals surface area (Å²) in [5.74, 6) is 0.854. The fourth-order valence-electron chi connectivity index (χ4n) is 1.64. The van der Waals surface area contributed by atoms with Crippen molar-refractivity contribution >= 4 is 11.6 Å². The minimum Gasteiger partial charge on any atom is -0.497 e. The molecule has 2 rings (SSSR count). The van der Waals surface area contributed by atoms with Gasteiger partial charge in [-0.2, -0.15) is 0 Å². The van der Waals surface area contributed by atoms with Gasteiger partial charge >= 0.3 is 0 Å². The van der Waals surface area contributed by atoms with Gasteiger partial charge in [-0.1, -0.05) is 0 Å². The molecule has 1 heterocycles. The Morgan fingerprint density at radius 3 is 2.40 bits per heavy atom. The molecule has 1 aromatic carbocycles. The molecule has 78 valence electrons. The highest BCUT2D eigenvalue weighted by atomic mass is 16.5. The zero-order chi connectivity index (χ0) is 10.8. The molecule has 0 atom stereocenters. The van der Waals surface area contributed by atoms with Crippen molar-refractivity contribution in [3.05, 3.63) is 35.9 Å². The highest BCUT2D eigenvalue weighted by molar-refractivity contribution is 6.04. The molecule has 0 radical (unpaired) electrons. The molecule has 0 saturated carbocycles. The number of methoxy groups -OCH3 is 1. The van der Waals surface area contributed by atoms with E-state index in [1.807, 2.05) is 31.2 Å². The van der Waals surface area contributed by atoms with Crippen LogP contribution in [0.1, 0.15) is 6.92 Å². The van der Waals surface area contributed by atoms with Crippen molar-refractivity contribution in [1.29, 1.82) is 0 Å². The van der Waals surface area contributed by atoms with Crippen LogP contribution in [0.3, 0.4) is 0 Å². The predicted molar refractivity (Wildman–Crippen MR) is 59.1 cm³/mol. The van der Waals surface area contributed by atoms with E-state index in [0.717, 1.165) is 17.0 Å². The number of hydrogen-bond acceptors (Lipinski definition) is 2. The quantitative estimate of drug-likeness (QED) is 0.735. The van der Waals surface area contributed by atoms with Gasteiger partial charge in [0.05, 0.1) is 7.11 Å². The molecule has 3 nitrogen and oxygen atoms in total. The summed E-state index contributed by atoms with van der Waals surface area (Å²) >= 11 is 0. The normalized spacial score (nSPS) is 15.5. The highest BCUT2D eigenvalue weighted by Gasteiger charge is 2.19. The molecular formula is C12H13NO2. The average molecular weight is 203 g/mol. The van der Waals surface area contributed by atoms with E-state index in [0.29, 0.717) is 6.54 Å². The highest BCUT2D eigenvalue weighted by Crippen LogP contribution is 2.23. The second-order valence-corrected chi connectivity index (χ2v) is 3.61. The van der Waals surface area contributed by atoms with Gasteiger partial charge in [-0.15, -0.1) is 0 Å². The number of carbonyl (C=O) groups is 1. The number of benzene rings is 1. The van der Waals surface area contributed by atoms with Crippen molar-refractivity contribution in [2.75, 3.05) is 18.6 Å². The molecule has 15 heavy (non-hydrogen) atoms. The molecule has 0 N–H and O–H groups in total. The maximum atomic E-state index is 11.6. The van der Waals surface area contributed by atoms with E-state index in [1.165, 1.54) is 0 Å². The first-order valence-electron chi connectivity index (χ1n) is 4.83. The van der Waals surface area contributed by atoms with Gasteiger partial charge in [0.25, 0.3) is 5.91 Å². The third-order valence-corrected chi connectivity index (χ3v) is 2.43. The number of carbonyl (C=O) groups excluding carboxylic acids is 1. The van der Waals surface area contributed by atoms with Crippen molar-refractivity contribution in [2.45, 2.75) is 6.92 Å². The SMILES string of the molecule is COc1ccc(N2CC(C)=CC2=O)cc1. The van der Waals surface area contributed by atoms with Gasteiger partial charge in [-0.3, -0.25) is 4.79 Å². The van der Waals surface area contributed by atoms with Gasteiger partial charge in [0.15, 0.2) is 0 Å². The minimum absolute atomic E-state index is 0.0534. The number of ether oxygens (including phenoxy) is 1. The van der Waals surface area contributed by atoms with Gasteiger partial charge in [0.1, 0.15) is 5.75 Å². The van der Waals surface area contributed by atoms with Crippen LogP contribution in [0.5, 0.6) is 5.75 Å². The Balaban J connectivity index is 2.21. The first kappa shape index (κ1) is 9.77. The van der Waals surface area contributed by atoms with E-state index in [4.69, 9.17) is 4.74 Å². The third kappa shape index (κ3) is 1.86. The van der Waals surface area contributed by atoms with Crippen LogP contribution >= 0.6 is 0 Å². The van der Waals surface area contributed by atoms with E-state index in [9.17, 15) is 4.79 Å². The number of anilines is 1. The van der Waals surface area contributed by atoms with Crippen LogP contribution < -0.4 is 9.64 Å². The minimum atomic E-state index is 0.0534. The summed E-state index contributed by atoms with van der Waals surface area (Å²) in [4.78, 5) is 13.3. The fraction of sp³-hybridized carbons (Fsp3) is 0.250. The number of nitrogens with zero attached hydrogens (tertiary/aromatic N) is 1. The van der Waals surface area contributed by atoms with Crippen LogP contribution in [0.25, 0.3) is 0 Å². The standard InChI is InChI=1S/C12H13NO2/c1-9-7-12(14)13(8-9)10-3-5-11(15-2)6-4-10/h3-7H,8H2,1-2H3. The summed E-state index contributed by atoms with van der Waals surface area (Å²) < 4.78 is 5.06. The number of rotatable bonds is 2. The first-order chi connectivity index (χ1) is 7.20. The summed E-state index contributed by atoms with van der Waals surface area (Å²) in [5, 5.41) is 0. The molecule has 1 aliphatic rings. The largest absolute Gasteiger partial charge is 0.497 e. The molecule has 1 aliphatic heterocycles. The van der Waals surface area contributed by atoms with Gasteiger partial charge in [-0.25, -0.2) is 0 Å². The summed E-state index contributed by atoms with van der Waals surface area (Å²) in [6.45, 7) is 2.65. The van der Waals surface area contributed by atoms with Crippen molar-refractivity contribution in [1.82, 2.24) is 0 Å². The molecule has 0 saturated heterocycles. The van der Waals surface area contributed by atoms with Crippen LogP contribution in [0.4, 0.5) is 5.69 Å². The van der Waals surface area contributed by atoms with Crippen molar-refractivity contribution in [2.24, 2.45) is 0 Å². The van der Waals surface area contributed by atoms with Crippen LogP contribution in [0.15, 0.2) is 35.9 Å². The van der Waals surface area contributed by atoms with E-state index in [2.05, 4.69) is 0 Å². The van der Waals surface area contributed by atoms with Crippen LogP contribution in [0.2, 0.25) is 0 Å². The van der Waals surface area contributed by atoms with Crippen molar-refractivity contribution in [3.8, 4) is 5.75 Å². The van der Waals surface area contributed by atoms with E-state index in [1.54, 1.807) is 18.1 Å². The van der Waals surface area contributed by atoms with Gasteiger partial charge in [0.2, 0.25) is 0 Å². The molecule has 0 fully saturated rings. The lowest BCUT2D eigenvalue weighted by Crippen LogP contribution is -2.24. The maximum absolute atomic E-state index is 11.6.